The number of hydrogen-bond acceptors (Lipinski definition) is 6. The van der Waals surface area contributed by atoms with Crippen LogP contribution in [0.15, 0.2) is 0 Å². The molecule has 1 amide bonds. The Morgan fingerprint density at radius 3 is 2.23 bits per heavy atom. The normalized spacial score (nSPS) is 11.5. The van der Waals surface area contributed by atoms with Gasteiger partial charge in [-0.2, -0.15) is 0 Å². The lowest BCUT2D eigenvalue weighted by molar-refractivity contribution is -0.231. The fourth-order valence-electron chi connectivity index (χ4n) is 0.388. The van der Waals surface area contributed by atoms with Gasteiger partial charge in [0.25, 0.3) is 0 Å². The topological polar surface area (TPSA) is 142 Å². The Labute approximate surface area is 72.3 Å². The Hall–Kier alpha value is -1.83. The molecule has 0 spiro atoms. The lowest BCUT2D eigenvalue weighted by atomic mass is 10.2. The van der Waals surface area contributed by atoms with Gasteiger partial charge in [0.05, 0.1) is 6.42 Å². The number of carboxylic acids is 1. The predicted octanol–water partition coefficient (Wildman–Crippen LogP) is -1.66. The van der Waals surface area contributed by atoms with Gasteiger partial charge in [-0.3, -0.25) is 4.79 Å². The highest BCUT2D eigenvalue weighted by molar-refractivity contribution is 5.81. The van der Waals surface area contributed by atoms with Crippen molar-refractivity contribution in [3.8, 4) is 0 Å². The molecule has 0 saturated carbocycles. The van der Waals surface area contributed by atoms with E-state index in [1.54, 1.807) is 0 Å². The minimum atomic E-state index is -1.40. The first-order valence-corrected chi connectivity index (χ1v) is 3.08. The summed E-state index contributed by atoms with van der Waals surface area (Å²) in [6.45, 7) is 0. The van der Waals surface area contributed by atoms with Crippen LogP contribution in [-0.2, 0) is 19.4 Å². The number of hydrogen-bond donors (Lipinski definition) is 3. The number of rotatable bonds is 3. The highest BCUT2D eigenvalue weighted by Gasteiger charge is 2.18. The molecular weight excluding hydrogens is 184 g/mol. The van der Waals surface area contributed by atoms with Crippen molar-refractivity contribution in [2.75, 3.05) is 0 Å². The summed E-state index contributed by atoms with van der Waals surface area (Å²) in [5.41, 5.74) is 9.40. The van der Waals surface area contributed by atoms with Gasteiger partial charge in [0.15, 0.2) is 0 Å². The maximum absolute atomic E-state index is 10.6. The van der Waals surface area contributed by atoms with Crippen molar-refractivity contribution in [3.63, 3.8) is 0 Å². The summed E-state index contributed by atoms with van der Waals surface area (Å²) in [5.74, 6) is -2.45. The van der Waals surface area contributed by atoms with E-state index in [1.807, 2.05) is 0 Å². The maximum Gasteiger partial charge on any atom is 0.447 e. The molecule has 74 valence electrons. The van der Waals surface area contributed by atoms with Crippen molar-refractivity contribution in [1.29, 1.82) is 0 Å². The van der Waals surface area contributed by atoms with Gasteiger partial charge >= 0.3 is 18.0 Å². The van der Waals surface area contributed by atoms with Crippen LogP contribution in [0.4, 0.5) is 4.79 Å². The summed E-state index contributed by atoms with van der Waals surface area (Å²) >= 11 is 0. The lowest BCUT2D eigenvalue weighted by Gasteiger charge is -2.03. The van der Waals surface area contributed by atoms with Crippen molar-refractivity contribution in [2.24, 2.45) is 11.5 Å². The average molecular weight is 192 g/mol. The zero-order chi connectivity index (χ0) is 10.4. The first kappa shape index (κ1) is 11.2. The van der Waals surface area contributed by atoms with Crippen LogP contribution < -0.4 is 11.5 Å². The van der Waals surface area contributed by atoms with Gasteiger partial charge in [0, 0.05) is 0 Å². The van der Waals surface area contributed by atoms with Crippen LogP contribution in [0.5, 0.6) is 0 Å². The van der Waals surface area contributed by atoms with Gasteiger partial charge in [-0.1, -0.05) is 0 Å². The summed E-state index contributed by atoms with van der Waals surface area (Å²) in [4.78, 5) is 38.0. The molecule has 0 unspecified atom stereocenters. The molecule has 0 fully saturated rings. The third kappa shape index (κ3) is 5.44. The van der Waals surface area contributed by atoms with Gasteiger partial charge in [-0.15, -0.1) is 0 Å². The second-order valence-corrected chi connectivity index (χ2v) is 2.01. The Bertz CT molecular complexity index is 227. The van der Waals surface area contributed by atoms with Crippen molar-refractivity contribution < 1.29 is 29.3 Å². The number of carbonyl (C=O) groups is 3. The SMILES string of the molecule is NC(=O)OOC(=O)C[C@H](N)C(=O)O. The van der Waals surface area contributed by atoms with Crippen LogP contribution in [0.2, 0.25) is 0 Å². The Balaban J connectivity index is 3.74. The van der Waals surface area contributed by atoms with Gasteiger partial charge in [0.2, 0.25) is 0 Å². The van der Waals surface area contributed by atoms with E-state index in [2.05, 4.69) is 15.5 Å². The molecule has 8 nitrogen and oxygen atoms in total. The number of primary amides is 1. The smallest absolute Gasteiger partial charge is 0.447 e. The summed E-state index contributed by atoms with van der Waals surface area (Å²) in [6.07, 6.45) is -1.92. The largest absolute Gasteiger partial charge is 0.480 e. The van der Waals surface area contributed by atoms with Crippen LogP contribution in [0, 0.1) is 0 Å². The molecule has 13 heavy (non-hydrogen) atoms. The number of aliphatic carboxylic acids is 1. The van der Waals surface area contributed by atoms with E-state index < -0.39 is 30.5 Å². The lowest BCUT2D eigenvalue weighted by Crippen LogP contribution is -2.33. The maximum atomic E-state index is 10.6. The molecule has 0 aromatic carbocycles. The minimum absolute atomic E-state index is 0.609. The summed E-state index contributed by atoms with van der Waals surface area (Å²) in [7, 11) is 0. The summed E-state index contributed by atoms with van der Waals surface area (Å²) in [6, 6.07) is -1.40. The molecule has 8 heteroatoms. The zero-order valence-corrected chi connectivity index (χ0v) is 6.43. The Morgan fingerprint density at radius 1 is 1.31 bits per heavy atom. The Morgan fingerprint density at radius 2 is 1.85 bits per heavy atom. The molecule has 0 aromatic rings. The zero-order valence-electron chi connectivity index (χ0n) is 6.43. The molecule has 1 atom stereocenters. The second-order valence-electron chi connectivity index (χ2n) is 2.01. The van der Waals surface area contributed by atoms with E-state index in [-0.39, 0.29) is 0 Å². The van der Waals surface area contributed by atoms with E-state index >= 15 is 0 Å². The quantitative estimate of drug-likeness (QED) is 0.358. The Kier molecular flexibility index (Phi) is 4.24. The first-order valence-electron chi connectivity index (χ1n) is 3.08. The van der Waals surface area contributed by atoms with Crippen LogP contribution in [0.3, 0.4) is 0 Å². The van der Waals surface area contributed by atoms with Crippen LogP contribution in [-0.4, -0.2) is 29.2 Å². The molecule has 0 rings (SSSR count). The third-order valence-corrected chi connectivity index (χ3v) is 0.921. The molecule has 5 N–H and O–H groups in total. The van der Waals surface area contributed by atoms with E-state index in [9.17, 15) is 14.4 Å². The number of amides is 1. The van der Waals surface area contributed by atoms with E-state index in [1.165, 1.54) is 0 Å². The van der Waals surface area contributed by atoms with Gasteiger partial charge in [-0.05, 0) is 0 Å². The standard InChI is InChI=1S/C5H8N2O6/c6-2(4(9)10)1-3(8)12-13-5(7)11/h2H,1,6H2,(H2,7,11)(H,9,10)/t2-/m0/s1. The monoisotopic (exact) mass is 192 g/mol. The highest BCUT2D eigenvalue weighted by atomic mass is 17.2. The second kappa shape index (κ2) is 4.93. The minimum Gasteiger partial charge on any atom is -0.480 e. The average Bonchev–Trinajstić information content (AvgIpc) is 2.00. The van der Waals surface area contributed by atoms with Crippen molar-refractivity contribution in [1.82, 2.24) is 0 Å². The summed E-state index contributed by atoms with van der Waals surface area (Å²) < 4.78 is 0. The highest BCUT2D eigenvalue weighted by Crippen LogP contribution is 1.92. The van der Waals surface area contributed by atoms with Crippen LogP contribution >= 0.6 is 0 Å². The van der Waals surface area contributed by atoms with Crippen LogP contribution in [0.1, 0.15) is 6.42 Å². The molecule has 0 aliphatic carbocycles. The number of carboxylic acid groups (broad SMARTS) is 1. The number of carbonyl (C=O) groups excluding carboxylic acids is 2. The van der Waals surface area contributed by atoms with E-state index in [0.29, 0.717) is 0 Å². The van der Waals surface area contributed by atoms with Crippen molar-refractivity contribution in [2.45, 2.75) is 12.5 Å². The molecule has 0 bridgehead atoms. The molecule has 0 aliphatic rings. The molecule has 0 aliphatic heterocycles. The summed E-state index contributed by atoms with van der Waals surface area (Å²) in [5, 5.41) is 8.24. The van der Waals surface area contributed by atoms with E-state index in [0.717, 1.165) is 0 Å². The molecule has 0 heterocycles. The van der Waals surface area contributed by atoms with Gasteiger partial charge in [0.1, 0.15) is 6.04 Å². The first-order chi connectivity index (χ1) is 5.93. The van der Waals surface area contributed by atoms with Gasteiger partial charge < -0.3 is 16.6 Å². The molecule has 0 saturated heterocycles. The van der Waals surface area contributed by atoms with Crippen molar-refractivity contribution >= 4 is 18.0 Å². The fraction of sp³-hybridized carbons (Fsp3) is 0.400. The van der Waals surface area contributed by atoms with Gasteiger partial charge in [-0.25, -0.2) is 19.4 Å². The molecule has 0 radical (unpaired) electrons. The van der Waals surface area contributed by atoms with Crippen LogP contribution in [0.25, 0.3) is 0 Å². The molecular formula is C5H8N2O6. The number of nitrogens with two attached hydrogens (primary N) is 2. The van der Waals surface area contributed by atoms with Crippen molar-refractivity contribution in [3.05, 3.63) is 0 Å². The third-order valence-electron chi connectivity index (χ3n) is 0.921. The molecule has 0 aromatic heterocycles. The van der Waals surface area contributed by atoms with E-state index in [4.69, 9.17) is 10.8 Å². The predicted molar refractivity (Wildman–Crippen MR) is 37.0 cm³/mol. The fourth-order valence-corrected chi connectivity index (χ4v) is 0.388.